The number of carbonyl (C=O) groups excluding carboxylic acids is 1. The molecule has 170 valence electrons. The van der Waals surface area contributed by atoms with Gasteiger partial charge in [-0.3, -0.25) is 9.78 Å². The topological polar surface area (TPSA) is 48.4 Å². The van der Waals surface area contributed by atoms with E-state index in [0.29, 0.717) is 12.4 Å². The van der Waals surface area contributed by atoms with Gasteiger partial charge >= 0.3 is 0 Å². The second kappa shape index (κ2) is 9.18. The predicted molar refractivity (Wildman–Crippen MR) is 128 cm³/mol. The summed E-state index contributed by atoms with van der Waals surface area (Å²) in [7, 11) is 0. The molecule has 0 saturated carbocycles. The number of carbonyl (C=O) groups is 1. The summed E-state index contributed by atoms with van der Waals surface area (Å²) < 4.78 is 26.6. The fourth-order valence-electron chi connectivity index (χ4n) is 4.46. The van der Waals surface area contributed by atoms with E-state index in [-0.39, 0.29) is 11.7 Å². The third-order valence-electron chi connectivity index (χ3n) is 5.73. The highest BCUT2D eigenvalue weighted by Gasteiger charge is 2.38. The maximum Gasteiger partial charge on any atom is 0.170 e. The van der Waals surface area contributed by atoms with Crippen molar-refractivity contribution in [2.45, 2.75) is 52.2 Å². The second-order valence-corrected chi connectivity index (χ2v) is 9.18. The van der Waals surface area contributed by atoms with Crippen LogP contribution in [-0.4, -0.2) is 16.9 Å². The van der Waals surface area contributed by atoms with Gasteiger partial charge in [0.05, 0.1) is 0 Å². The maximum absolute atomic E-state index is 13.8. The molecule has 4 rings (SSSR count). The minimum Gasteiger partial charge on any atom is -0.484 e. The van der Waals surface area contributed by atoms with E-state index in [1.807, 2.05) is 18.2 Å². The number of rotatable bonds is 7. The van der Waals surface area contributed by atoms with Crippen LogP contribution in [0.4, 0.5) is 4.39 Å². The van der Waals surface area contributed by atoms with Crippen molar-refractivity contribution >= 4 is 12.4 Å². The lowest BCUT2D eigenvalue weighted by Crippen LogP contribution is -2.25. The molecule has 0 atom stereocenters. The van der Waals surface area contributed by atoms with Crippen molar-refractivity contribution in [2.75, 3.05) is 0 Å². The third-order valence-corrected chi connectivity index (χ3v) is 5.73. The molecule has 1 aromatic heterocycles. The molecular weight excluding hydrogens is 417 g/mol. The van der Waals surface area contributed by atoms with Crippen molar-refractivity contribution in [1.29, 1.82) is 0 Å². The molecule has 1 aliphatic heterocycles. The Bertz CT molecular complexity index is 1180. The van der Waals surface area contributed by atoms with E-state index >= 15 is 0 Å². The minimum absolute atomic E-state index is 0.175. The standard InChI is InChI=1S/C28H28FNO3/c1-18(2)24-22(8-6-14-31)25(20-9-11-21(29)12-10-20)27(26-23(24)15-28(3,4)33-26)32-17-19-7-5-13-30-16-19/h5-14,16,18H,15,17H2,1-4H3. The SMILES string of the molecule is CC(C)c1c(C=CC=O)c(-c2ccc(F)cc2)c(OCc2cccnc2)c2c1CC(C)(C)O2. The zero-order chi connectivity index (χ0) is 23.6. The molecule has 0 aliphatic carbocycles. The fraction of sp³-hybridized carbons (Fsp3) is 0.286. The number of halogens is 1. The Labute approximate surface area is 194 Å². The van der Waals surface area contributed by atoms with E-state index in [9.17, 15) is 9.18 Å². The highest BCUT2D eigenvalue weighted by molar-refractivity contribution is 5.89. The van der Waals surface area contributed by atoms with Crippen molar-refractivity contribution in [2.24, 2.45) is 0 Å². The Hall–Kier alpha value is -3.47. The second-order valence-electron chi connectivity index (χ2n) is 9.18. The van der Waals surface area contributed by atoms with Crippen LogP contribution in [0.15, 0.2) is 54.9 Å². The van der Waals surface area contributed by atoms with Crippen molar-refractivity contribution < 1.29 is 18.7 Å². The third kappa shape index (κ3) is 4.68. The summed E-state index contributed by atoms with van der Waals surface area (Å²) in [4.78, 5) is 15.5. The molecule has 0 saturated heterocycles. The van der Waals surface area contributed by atoms with Crippen LogP contribution >= 0.6 is 0 Å². The van der Waals surface area contributed by atoms with Gasteiger partial charge in [0.15, 0.2) is 11.5 Å². The van der Waals surface area contributed by atoms with Gasteiger partial charge < -0.3 is 9.47 Å². The first-order valence-electron chi connectivity index (χ1n) is 11.1. The van der Waals surface area contributed by atoms with Crippen LogP contribution < -0.4 is 9.47 Å². The van der Waals surface area contributed by atoms with E-state index in [0.717, 1.165) is 51.8 Å². The van der Waals surface area contributed by atoms with Crippen LogP contribution in [0.1, 0.15) is 55.9 Å². The highest BCUT2D eigenvalue weighted by Crippen LogP contribution is 2.53. The summed E-state index contributed by atoms with van der Waals surface area (Å²) >= 11 is 0. The zero-order valence-electron chi connectivity index (χ0n) is 19.4. The highest BCUT2D eigenvalue weighted by atomic mass is 19.1. The van der Waals surface area contributed by atoms with E-state index in [2.05, 4.69) is 32.7 Å². The molecular formula is C28H28FNO3. The monoisotopic (exact) mass is 445 g/mol. The van der Waals surface area contributed by atoms with Gasteiger partial charge in [0.1, 0.15) is 24.3 Å². The summed E-state index contributed by atoms with van der Waals surface area (Å²) in [5, 5.41) is 0. The molecule has 0 spiro atoms. The van der Waals surface area contributed by atoms with E-state index in [4.69, 9.17) is 9.47 Å². The molecule has 2 heterocycles. The van der Waals surface area contributed by atoms with Gasteiger partial charge in [-0.1, -0.05) is 38.1 Å². The van der Waals surface area contributed by atoms with Gasteiger partial charge in [0.2, 0.25) is 0 Å². The fourth-order valence-corrected chi connectivity index (χ4v) is 4.46. The van der Waals surface area contributed by atoms with Crippen molar-refractivity contribution in [3.05, 3.63) is 82.9 Å². The quantitative estimate of drug-likeness (QED) is 0.307. The minimum atomic E-state index is -0.397. The smallest absolute Gasteiger partial charge is 0.170 e. The average molecular weight is 446 g/mol. The van der Waals surface area contributed by atoms with Crippen LogP contribution in [0, 0.1) is 5.82 Å². The molecule has 0 radical (unpaired) electrons. The first kappa shape index (κ1) is 22.7. The molecule has 3 aromatic rings. The molecule has 0 bridgehead atoms. The van der Waals surface area contributed by atoms with Gasteiger partial charge in [0, 0.05) is 35.5 Å². The molecule has 0 unspecified atom stereocenters. The van der Waals surface area contributed by atoms with Gasteiger partial charge in [-0.05, 0) is 60.7 Å². The first-order valence-corrected chi connectivity index (χ1v) is 11.1. The largest absolute Gasteiger partial charge is 0.484 e. The predicted octanol–water partition coefficient (Wildman–Crippen LogP) is 6.52. The van der Waals surface area contributed by atoms with Gasteiger partial charge in [-0.15, -0.1) is 0 Å². The Morgan fingerprint density at radius 1 is 1.21 bits per heavy atom. The lowest BCUT2D eigenvalue weighted by atomic mass is 9.83. The van der Waals surface area contributed by atoms with Crippen LogP contribution in [0.2, 0.25) is 0 Å². The summed E-state index contributed by atoms with van der Waals surface area (Å²) in [6.07, 6.45) is 8.29. The number of ether oxygens (including phenoxy) is 2. The number of aldehydes is 1. The summed E-state index contributed by atoms with van der Waals surface area (Å²) in [5.74, 6) is 1.18. The molecule has 0 amide bonds. The summed E-state index contributed by atoms with van der Waals surface area (Å²) in [6.45, 7) is 8.67. The number of aromatic nitrogens is 1. The van der Waals surface area contributed by atoms with E-state index in [1.165, 1.54) is 18.2 Å². The number of nitrogens with zero attached hydrogens (tertiary/aromatic N) is 1. The normalized spacial score (nSPS) is 14.4. The van der Waals surface area contributed by atoms with E-state index in [1.54, 1.807) is 24.5 Å². The molecule has 4 nitrogen and oxygen atoms in total. The van der Waals surface area contributed by atoms with Crippen molar-refractivity contribution in [3.8, 4) is 22.6 Å². The van der Waals surface area contributed by atoms with Crippen molar-refractivity contribution in [1.82, 2.24) is 4.98 Å². The maximum atomic E-state index is 13.8. The number of hydrogen-bond acceptors (Lipinski definition) is 4. The number of benzene rings is 2. The summed E-state index contributed by atoms with van der Waals surface area (Å²) in [5.41, 5.74) is 5.20. The van der Waals surface area contributed by atoms with Crippen LogP contribution in [0.3, 0.4) is 0 Å². The Morgan fingerprint density at radius 3 is 2.61 bits per heavy atom. The Balaban J connectivity index is 2.01. The lowest BCUT2D eigenvalue weighted by molar-refractivity contribution is -0.104. The van der Waals surface area contributed by atoms with Gasteiger partial charge in [0.25, 0.3) is 0 Å². The number of hydrogen-bond donors (Lipinski definition) is 0. The molecule has 1 aliphatic rings. The summed E-state index contributed by atoms with van der Waals surface area (Å²) in [6, 6.07) is 10.1. The zero-order valence-corrected chi connectivity index (χ0v) is 19.4. The molecule has 2 aromatic carbocycles. The van der Waals surface area contributed by atoms with Crippen molar-refractivity contribution in [3.63, 3.8) is 0 Å². The Morgan fingerprint density at radius 2 is 1.97 bits per heavy atom. The van der Waals surface area contributed by atoms with Crippen LogP contribution in [0.5, 0.6) is 11.5 Å². The van der Waals surface area contributed by atoms with Gasteiger partial charge in [-0.25, -0.2) is 4.39 Å². The molecule has 0 N–H and O–H groups in total. The Kier molecular flexibility index (Phi) is 6.32. The molecule has 0 fully saturated rings. The molecule has 33 heavy (non-hydrogen) atoms. The van der Waals surface area contributed by atoms with E-state index < -0.39 is 5.60 Å². The lowest BCUT2D eigenvalue weighted by Gasteiger charge is -2.24. The van der Waals surface area contributed by atoms with Gasteiger partial charge in [-0.2, -0.15) is 0 Å². The molecule has 5 heteroatoms. The number of allylic oxidation sites excluding steroid dienone is 1. The average Bonchev–Trinajstić information content (AvgIpc) is 3.11. The number of fused-ring (bicyclic) bond motifs is 1. The van der Waals surface area contributed by atoms with Crippen LogP contribution in [0.25, 0.3) is 17.2 Å². The first-order chi connectivity index (χ1) is 15.8. The van der Waals surface area contributed by atoms with Crippen LogP contribution in [-0.2, 0) is 17.8 Å². The number of pyridine rings is 1.